The molecule has 0 aliphatic rings. The van der Waals surface area contributed by atoms with Gasteiger partial charge in [-0.15, -0.1) is 0 Å². The zero-order chi connectivity index (χ0) is 20.8. The van der Waals surface area contributed by atoms with Crippen LogP contribution in [0, 0.1) is 6.92 Å². The van der Waals surface area contributed by atoms with Gasteiger partial charge < -0.3 is 10.6 Å². The standard InChI is InChI=1S/C22H18ClN3O2S/c1-14-7-2-3-10-17(14)20(27)24-15-8-6-9-16(13-15)25-22(29)26-21(28)18-11-4-5-12-19(18)23/h2-13H,1H3,(H,24,27)(H2,25,26,28,29). The fourth-order valence-corrected chi connectivity index (χ4v) is 3.11. The third-order valence-electron chi connectivity index (χ3n) is 4.11. The van der Waals surface area contributed by atoms with Crippen LogP contribution >= 0.6 is 23.8 Å². The molecule has 3 N–H and O–H groups in total. The molecule has 0 atom stereocenters. The highest BCUT2D eigenvalue weighted by Gasteiger charge is 2.12. The zero-order valence-corrected chi connectivity index (χ0v) is 17.1. The molecule has 7 heteroatoms. The first-order chi connectivity index (χ1) is 13.9. The summed E-state index contributed by atoms with van der Waals surface area (Å²) in [6.07, 6.45) is 0. The Morgan fingerprint density at radius 2 is 1.41 bits per heavy atom. The maximum Gasteiger partial charge on any atom is 0.258 e. The van der Waals surface area contributed by atoms with Crippen LogP contribution in [0.25, 0.3) is 0 Å². The van der Waals surface area contributed by atoms with Gasteiger partial charge in [0.05, 0.1) is 10.6 Å². The van der Waals surface area contributed by atoms with E-state index < -0.39 is 5.91 Å². The minimum absolute atomic E-state index is 0.123. The van der Waals surface area contributed by atoms with Crippen LogP contribution in [0.2, 0.25) is 5.02 Å². The lowest BCUT2D eigenvalue weighted by molar-refractivity contribution is 0.0976. The number of anilines is 2. The second-order valence-electron chi connectivity index (χ2n) is 6.24. The Balaban J connectivity index is 1.64. The fraction of sp³-hybridized carbons (Fsp3) is 0.0455. The van der Waals surface area contributed by atoms with Gasteiger partial charge in [0.15, 0.2) is 5.11 Å². The lowest BCUT2D eigenvalue weighted by Gasteiger charge is -2.12. The van der Waals surface area contributed by atoms with E-state index >= 15 is 0 Å². The number of hydrogen-bond donors (Lipinski definition) is 3. The highest BCUT2D eigenvalue weighted by atomic mass is 35.5. The Hall–Kier alpha value is -3.22. The number of aryl methyl sites for hydroxylation is 1. The Bertz CT molecular complexity index is 1080. The molecule has 3 rings (SSSR count). The molecule has 0 spiro atoms. The van der Waals surface area contributed by atoms with Crippen molar-refractivity contribution in [1.82, 2.24) is 5.32 Å². The Morgan fingerprint density at radius 3 is 2.10 bits per heavy atom. The van der Waals surface area contributed by atoms with Gasteiger partial charge in [-0.3, -0.25) is 14.9 Å². The highest BCUT2D eigenvalue weighted by molar-refractivity contribution is 7.80. The summed E-state index contributed by atoms with van der Waals surface area (Å²) in [5.74, 6) is -0.605. The van der Waals surface area contributed by atoms with Crippen LogP contribution in [0.15, 0.2) is 72.8 Å². The van der Waals surface area contributed by atoms with E-state index in [4.69, 9.17) is 23.8 Å². The van der Waals surface area contributed by atoms with Gasteiger partial charge in [0, 0.05) is 16.9 Å². The average Bonchev–Trinajstić information content (AvgIpc) is 2.68. The second-order valence-corrected chi connectivity index (χ2v) is 7.05. The largest absolute Gasteiger partial charge is 0.332 e. The third-order valence-corrected chi connectivity index (χ3v) is 4.65. The van der Waals surface area contributed by atoms with Gasteiger partial charge in [-0.05, 0) is 61.1 Å². The molecule has 2 amide bonds. The summed E-state index contributed by atoms with van der Waals surface area (Å²) in [4.78, 5) is 24.8. The molecule has 29 heavy (non-hydrogen) atoms. The van der Waals surface area contributed by atoms with Gasteiger partial charge >= 0.3 is 0 Å². The van der Waals surface area contributed by atoms with Crippen LogP contribution in [0.1, 0.15) is 26.3 Å². The van der Waals surface area contributed by atoms with E-state index in [2.05, 4.69) is 16.0 Å². The number of rotatable bonds is 4. The molecule has 3 aromatic carbocycles. The molecule has 0 fully saturated rings. The maximum atomic E-state index is 12.5. The number of amides is 2. The number of halogens is 1. The van der Waals surface area contributed by atoms with Crippen LogP contribution < -0.4 is 16.0 Å². The van der Waals surface area contributed by atoms with E-state index in [1.807, 2.05) is 25.1 Å². The summed E-state index contributed by atoms with van der Waals surface area (Å²) in [6.45, 7) is 1.88. The van der Waals surface area contributed by atoms with Gasteiger partial charge in [-0.25, -0.2) is 0 Å². The number of nitrogens with one attached hydrogen (secondary N) is 3. The van der Waals surface area contributed by atoms with E-state index in [9.17, 15) is 9.59 Å². The summed E-state index contributed by atoms with van der Waals surface area (Å²) in [7, 11) is 0. The van der Waals surface area contributed by atoms with Crippen molar-refractivity contribution in [3.8, 4) is 0 Å². The smallest absolute Gasteiger partial charge is 0.258 e. The van der Waals surface area contributed by atoms with Gasteiger partial charge in [0.1, 0.15) is 0 Å². The summed E-state index contributed by atoms with van der Waals surface area (Å²) in [5, 5.41) is 8.84. The van der Waals surface area contributed by atoms with Crippen molar-refractivity contribution < 1.29 is 9.59 Å². The first-order valence-electron chi connectivity index (χ1n) is 8.78. The van der Waals surface area contributed by atoms with E-state index in [1.54, 1.807) is 54.6 Å². The topological polar surface area (TPSA) is 70.2 Å². The van der Waals surface area contributed by atoms with E-state index in [-0.39, 0.29) is 11.0 Å². The highest BCUT2D eigenvalue weighted by Crippen LogP contribution is 2.18. The quantitative estimate of drug-likeness (QED) is 0.515. The number of thiocarbonyl (C=S) groups is 1. The Labute approximate surface area is 179 Å². The lowest BCUT2D eigenvalue weighted by atomic mass is 10.1. The van der Waals surface area contributed by atoms with Gasteiger partial charge in [0.25, 0.3) is 11.8 Å². The summed E-state index contributed by atoms with van der Waals surface area (Å²) in [6, 6.07) is 21.1. The van der Waals surface area contributed by atoms with E-state index in [0.29, 0.717) is 27.5 Å². The van der Waals surface area contributed by atoms with Crippen molar-refractivity contribution in [2.24, 2.45) is 0 Å². The third kappa shape index (κ3) is 5.40. The molecule has 0 heterocycles. The zero-order valence-electron chi connectivity index (χ0n) is 15.5. The molecule has 0 saturated heterocycles. The van der Waals surface area contributed by atoms with Gasteiger partial charge in [-0.2, -0.15) is 0 Å². The van der Waals surface area contributed by atoms with Crippen molar-refractivity contribution in [3.05, 3.63) is 94.5 Å². The predicted octanol–water partition coefficient (Wildman–Crippen LogP) is 5.03. The van der Waals surface area contributed by atoms with E-state index in [1.165, 1.54) is 0 Å². The molecule has 3 aromatic rings. The monoisotopic (exact) mass is 423 g/mol. The molecule has 0 unspecified atom stereocenters. The van der Waals surface area contributed by atoms with Crippen molar-refractivity contribution in [2.45, 2.75) is 6.92 Å². The minimum Gasteiger partial charge on any atom is -0.332 e. The molecule has 5 nitrogen and oxygen atoms in total. The predicted molar refractivity (Wildman–Crippen MR) is 121 cm³/mol. The second kappa shape index (κ2) is 9.32. The van der Waals surface area contributed by atoms with Crippen LogP contribution in [0.5, 0.6) is 0 Å². The first kappa shape index (κ1) is 20.5. The van der Waals surface area contributed by atoms with Crippen LogP contribution in [0.4, 0.5) is 11.4 Å². The maximum absolute atomic E-state index is 12.5. The van der Waals surface area contributed by atoms with Crippen LogP contribution in [0.3, 0.4) is 0 Å². The van der Waals surface area contributed by atoms with Crippen molar-refractivity contribution in [3.63, 3.8) is 0 Å². The summed E-state index contributed by atoms with van der Waals surface area (Å²) in [5.41, 5.74) is 3.05. The minimum atomic E-state index is -0.405. The number of carbonyl (C=O) groups excluding carboxylic acids is 2. The van der Waals surface area contributed by atoms with Crippen LogP contribution in [-0.4, -0.2) is 16.9 Å². The summed E-state index contributed by atoms with van der Waals surface area (Å²) < 4.78 is 0. The van der Waals surface area contributed by atoms with Gasteiger partial charge in [-0.1, -0.05) is 48.0 Å². The van der Waals surface area contributed by atoms with Gasteiger partial charge in [0.2, 0.25) is 0 Å². The molecule has 0 aliphatic carbocycles. The van der Waals surface area contributed by atoms with Crippen molar-refractivity contribution >= 4 is 52.1 Å². The molecule has 0 bridgehead atoms. The number of hydrogen-bond acceptors (Lipinski definition) is 3. The molecular weight excluding hydrogens is 406 g/mol. The molecule has 146 valence electrons. The Morgan fingerprint density at radius 1 is 0.793 bits per heavy atom. The SMILES string of the molecule is Cc1ccccc1C(=O)Nc1cccc(NC(=S)NC(=O)c2ccccc2Cl)c1. The number of carbonyl (C=O) groups is 2. The fourth-order valence-electron chi connectivity index (χ4n) is 2.68. The van der Waals surface area contributed by atoms with Crippen molar-refractivity contribution in [1.29, 1.82) is 0 Å². The molecule has 0 radical (unpaired) electrons. The van der Waals surface area contributed by atoms with Crippen molar-refractivity contribution in [2.75, 3.05) is 10.6 Å². The normalized spacial score (nSPS) is 10.1. The molecule has 0 saturated carbocycles. The van der Waals surface area contributed by atoms with Crippen LogP contribution in [-0.2, 0) is 0 Å². The molecule has 0 aliphatic heterocycles. The number of benzene rings is 3. The lowest BCUT2D eigenvalue weighted by Crippen LogP contribution is -2.34. The summed E-state index contributed by atoms with van der Waals surface area (Å²) >= 11 is 11.2. The molecule has 0 aromatic heterocycles. The first-order valence-corrected chi connectivity index (χ1v) is 9.56. The van der Waals surface area contributed by atoms with E-state index in [0.717, 1.165) is 5.56 Å². The molecular formula is C22H18ClN3O2S. The average molecular weight is 424 g/mol. The Kier molecular flexibility index (Phi) is 6.59.